The molecule has 2 aromatic carbocycles. The molecule has 2 N–H and O–H groups in total. The van der Waals surface area contributed by atoms with Crippen LogP contribution in [0.3, 0.4) is 0 Å². The average molecular weight is 434 g/mol. The molecule has 0 aliphatic heterocycles. The Morgan fingerprint density at radius 2 is 1.73 bits per heavy atom. The van der Waals surface area contributed by atoms with Gasteiger partial charge >= 0.3 is 6.18 Å². The van der Waals surface area contributed by atoms with Gasteiger partial charge in [0.1, 0.15) is 11.2 Å². The van der Waals surface area contributed by atoms with Gasteiger partial charge in [-0.2, -0.15) is 23.3 Å². The Bertz CT molecular complexity index is 1200. The molecular formula is C21H19ClF3N5. The molecule has 0 aliphatic rings. The van der Waals surface area contributed by atoms with Crippen molar-refractivity contribution in [1.29, 1.82) is 0 Å². The van der Waals surface area contributed by atoms with E-state index in [0.29, 0.717) is 22.8 Å². The Balaban J connectivity index is 1.80. The molecule has 0 fully saturated rings. The fraction of sp³-hybridized carbons (Fsp3) is 0.238. The van der Waals surface area contributed by atoms with Crippen LogP contribution in [0.15, 0.2) is 48.5 Å². The van der Waals surface area contributed by atoms with Gasteiger partial charge in [0.2, 0.25) is 5.95 Å². The molecule has 0 bridgehead atoms. The Kier molecular flexibility index (Phi) is 4.77. The maximum atomic E-state index is 13.2. The zero-order valence-electron chi connectivity index (χ0n) is 16.5. The third-order valence-corrected chi connectivity index (χ3v) is 4.87. The number of nitrogens with zero attached hydrogens (tertiary/aromatic N) is 3. The number of halogens is 4. The number of anilines is 2. The number of imidazole rings is 1. The van der Waals surface area contributed by atoms with Gasteiger partial charge in [-0.15, -0.1) is 0 Å². The first-order valence-corrected chi connectivity index (χ1v) is 9.60. The molecule has 0 radical (unpaired) electrons. The SMILES string of the molecule is CC(C)(C)n1nc(-c2ccccc2)c2[nH]c(Nc3ccc(Cl)c(C(F)(F)F)c3)nc21. The Morgan fingerprint density at radius 1 is 1.03 bits per heavy atom. The van der Waals surface area contributed by atoms with Gasteiger partial charge in [0.15, 0.2) is 5.65 Å². The average Bonchev–Trinajstić information content (AvgIpc) is 3.21. The van der Waals surface area contributed by atoms with E-state index in [1.165, 1.54) is 12.1 Å². The van der Waals surface area contributed by atoms with Crippen molar-refractivity contribution in [2.75, 3.05) is 5.32 Å². The van der Waals surface area contributed by atoms with Crippen LogP contribution in [0.5, 0.6) is 0 Å². The molecule has 5 nitrogen and oxygen atoms in total. The molecule has 0 atom stereocenters. The summed E-state index contributed by atoms with van der Waals surface area (Å²) in [6.45, 7) is 6.01. The summed E-state index contributed by atoms with van der Waals surface area (Å²) in [5, 5.41) is 7.28. The maximum absolute atomic E-state index is 13.2. The van der Waals surface area contributed by atoms with Crippen LogP contribution in [0, 0.1) is 0 Å². The van der Waals surface area contributed by atoms with Gasteiger partial charge in [-0.25, -0.2) is 4.68 Å². The van der Waals surface area contributed by atoms with E-state index >= 15 is 0 Å². The fourth-order valence-corrected chi connectivity index (χ4v) is 3.39. The van der Waals surface area contributed by atoms with Gasteiger partial charge in [0.25, 0.3) is 0 Å². The summed E-state index contributed by atoms with van der Waals surface area (Å²) < 4.78 is 41.3. The minimum Gasteiger partial charge on any atom is -0.326 e. The second kappa shape index (κ2) is 7.05. The van der Waals surface area contributed by atoms with Crippen LogP contribution in [-0.4, -0.2) is 19.7 Å². The van der Waals surface area contributed by atoms with Gasteiger partial charge < -0.3 is 10.3 Å². The molecule has 0 aliphatic carbocycles. The summed E-state index contributed by atoms with van der Waals surface area (Å²) in [4.78, 5) is 7.71. The van der Waals surface area contributed by atoms with Crippen molar-refractivity contribution in [2.45, 2.75) is 32.5 Å². The number of aromatic nitrogens is 4. The summed E-state index contributed by atoms with van der Waals surface area (Å²) >= 11 is 5.71. The lowest BCUT2D eigenvalue weighted by Gasteiger charge is -2.19. The van der Waals surface area contributed by atoms with Crippen LogP contribution in [0.1, 0.15) is 26.3 Å². The summed E-state index contributed by atoms with van der Waals surface area (Å²) in [6.07, 6.45) is -4.55. The monoisotopic (exact) mass is 433 g/mol. The first-order valence-electron chi connectivity index (χ1n) is 9.22. The van der Waals surface area contributed by atoms with Crippen molar-refractivity contribution in [3.63, 3.8) is 0 Å². The maximum Gasteiger partial charge on any atom is 0.417 e. The lowest BCUT2D eigenvalue weighted by molar-refractivity contribution is -0.137. The van der Waals surface area contributed by atoms with E-state index in [4.69, 9.17) is 16.7 Å². The highest BCUT2D eigenvalue weighted by Crippen LogP contribution is 2.37. The predicted octanol–water partition coefficient (Wildman–Crippen LogP) is 6.60. The van der Waals surface area contributed by atoms with E-state index in [2.05, 4.69) is 15.3 Å². The molecule has 0 saturated carbocycles. The molecule has 4 aromatic rings. The standard InChI is InChI=1S/C21H19ClF3N5/c1-20(2,3)30-18-17(16(29-30)12-7-5-4-6-8-12)27-19(28-18)26-13-9-10-15(22)14(11-13)21(23,24)25/h4-11H,1-3H3,(H2,26,27,28). The molecule has 0 amide bonds. The summed E-state index contributed by atoms with van der Waals surface area (Å²) in [5.74, 6) is 0.313. The Morgan fingerprint density at radius 3 is 2.37 bits per heavy atom. The van der Waals surface area contributed by atoms with Crippen molar-refractivity contribution < 1.29 is 13.2 Å². The molecule has 30 heavy (non-hydrogen) atoms. The first-order chi connectivity index (χ1) is 14.0. The molecule has 0 spiro atoms. The van der Waals surface area contributed by atoms with Crippen molar-refractivity contribution in [2.24, 2.45) is 0 Å². The van der Waals surface area contributed by atoms with Gasteiger partial charge in [-0.1, -0.05) is 41.9 Å². The number of alkyl halides is 3. The van der Waals surface area contributed by atoms with Gasteiger partial charge in [0.05, 0.1) is 16.1 Å². The summed E-state index contributed by atoms with van der Waals surface area (Å²) in [5.41, 5.74) is 1.90. The van der Waals surface area contributed by atoms with Gasteiger partial charge in [-0.05, 0) is 39.0 Å². The van der Waals surface area contributed by atoms with Crippen LogP contribution in [-0.2, 0) is 11.7 Å². The number of H-pyrrole nitrogens is 1. The van der Waals surface area contributed by atoms with Crippen LogP contribution in [0.2, 0.25) is 5.02 Å². The van der Waals surface area contributed by atoms with Crippen LogP contribution in [0.25, 0.3) is 22.4 Å². The number of nitrogens with one attached hydrogen (secondary N) is 2. The predicted molar refractivity (Wildman–Crippen MR) is 112 cm³/mol. The largest absolute Gasteiger partial charge is 0.417 e. The van der Waals surface area contributed by atoms with Crippen molar-refractivity contribution in [3.8, 4) is 11.3 Å². The van der Waals surface area contributed by atoms with Crippen molar-refractivity contribution >= 4 is 34.4 Å². The number of hydrogen-bond acceptors (Lipinski definition) is 3. The smallest absolute Gasteiger partial charge is 0.326 e. The number of rotatable bonds is 3. The molecule has 0 unspecified atom stereocenters. The van der Waals surface area contributed by atoms with Crippen LogP contribution >= 0.6 is 11.6 Å². The van der Waals surface area contributed by atoms with Crippen molar-refractivity contribution in [1.82, 2.24) is 19.7 Å². The van der Waals surface area contributed by atoms with E-state index in [-0.39, 0.29) is 16.2 Å². The van der Waals surface area contributed by atoms with E-state index in [0.717, 1.165) is 11.6 Å². The Labute approximate surface area is 175 Å². The Hall–Kier alpha value is -3.00. The zero-order valence-corrected chi connectivity index (χ0v) is 17.2. The normalized spacial score (nSPS) is 12.5. The van der Waals surface area contributed by atoms with Crippen LogP contribution < -0.4 is 5.32 Å². The molecule has 156 valence electrons. The quantitative estimate of drug-likeness (QED) is 0.383. The van der Waals surface area contributed by atoms with Gasteiger partial charge in [-0.3, -0.25) is 0 Å². The van der Waals surface area contributed by atoms with Crippen LogP contribution in [0.4, 0.5) is 24.8 Å². The highest BCUT2D eigenvalue weighted by Gasteiger charge is 2.33. The molecular weight excluding hydrogens is 415 g/mol. The van der Waals surface area contributed by atoms with Crippen molar-refractivity contribution in [3.05, 3.63) is 59.1 Å². The third-order valence-electron chi connectivity index (χ3n) is 4.54. The molecule has 2 heterocycles. The highest BCUT2D eigenvalue weighted by atomic mass is 35.5. The first kappa shape index (κ1) is 20.3. The van der Waals surface area contributed by atoms with E-state index in [1.807, 2.05) is 51.1 Å². The summed E-state index contributed by atoms with van der Waals surface area (Å²) in [7, 11) is 0. The summed E-state index contributed by atoms with van der Waals surface area (Å²) in [6, 6.07) is 13.3. The lowest BCUT2D eigenvalue weighted by Crippen LogP contribution is -2.23. The number of aromatic amines is 1. The molecule has 9 heteroatoms. The minimum absolute atomic E-state index is 0.222. The van der Waals surface area contributed by atoms with Gasteiger partial charge in [0, 0.05) is 11.3 Å². The second-order valence-electron chi connectivity index (χ2n) is 7.90. The number of benzene rings is 2. The topological polar surface area (TPSA) is 58.5 Å². The number of fused-ring (bicyclic) bond motifs is 1. The van der Waals surface area contributed by atoms with E-state index < -0.39 is 11.7 Å². The zero-order chi connectivity index (χ0) is 21.7. The van der Waals surface area contributed by atoms with E-state index in [9.17, 15) is 13.2 Å². The molecule has 2 aromatic heterocycles. The number of hydrogen-bond donors (Lipinski definition) is 2. The molecule has 4 rings (SSSR count). The third kappa shape index (κ3) is 3.75. The van der Waals surface area contributed by atoms with E-state index in [1.54, 1.807) is 4.68 Å². The minimum atomic E-state index is -4.55. The molecule has 0 saturated heterocycles. The second-order valence-corrected chi connectivity index (χ2v) is 8.31. The fourth-order valence-electron chi connectivity index (χ4n) is 3.16. The lowest BCUT2D eigenvalue weighted by atomic mass is 10.1. The highest BCUT2D eigenvalue weighted by molar-refractivity contribution is 6.31.